The van der Waals surface area contributed by atoms with Crippen molar-refractivity contribution in [1.82, 2.24) is 0 Å². The average Bonchev–Trinajstić information content (AvgIpc) is 3.25. The van der Waals surface area contributed by atoms with E-state index in [4.69, 9.17) is 23.2 Å². The monoisotopic (exact) mass is 319 g/mol. The predicted octanol–water partition coefficient (Wildman–Crippen LogP) is 4.97. The van der Waals surface area contributed by atoms with Crippen LogP contribution in [0.2, 0.25) is 10.0 Å². The lowest BCUT2D eigenvalue weighted by Crippen LogP contribution is -2.27. The van der Waals surface area contributed by atoms with Gasteiger partial charge in [-0.25, -0.2) is 0 Å². The predicted molar refractivity (Wildman–Crippen MR) is 87.2 cm³/mol. The molecule has 0 radical (unpaired) electrons. The molecule has 4 heteroatoms. The van der Waals surface area contributed by atoms with Crippen LogP contribution < -0.4 is 5.32 Å². The maximum Gasteiger partial charge on any atom is 0.235 e. The maximum absolute atomic E-state index is 12.6. The van der Waals surface area contributed by atoms with Gasteiger partial charge < -0.3 is 5.32 Å². The fourth-order valence-corrected chi connectivity index (χ4v) is 2.77. The highest BCUT2D eigenvalue weighted by Crippen LogP contribution is 2.49. The zero-order chi connectivity index (χ0) is 15.0. The average molecular weight is 320 g/mol. The van der Waals surface area contributed by atoms with Gasteiger partial charge in [0.05, 0.1) is 5.41 Å². The van der Waals surface area contributed by atoms with Crippen LogP contribution in [0.4, 0.5) is 5.69 Å². The van der Waals surface area contributed by atoms with Gasteiger partial charge in [-0.15, -0.1) is 0 Å². The van der Waals surface area contributed by atoms with Crippen molar-refractivity contribution in [3.63, 3.8) is 0 Å². The second-order valence-corrected chi connectivity index (χ2v) is 6.35. The van der Waals surface area contributed by atoms with E-state index in [0.29, 0.717) is 10.0 Å². The highest BCUT2D eigenvalue weighted by atomic mass is 35.5. The summed E-state index contributed by atoms with van der Waals surface area (Å²) in [6.45, 7) is 1.93. The fourth-order valence-electron chi connectivity index (χ4n) is 2.46. The first-order chi connectivity index (χ1) is 10.0. The van der Waals surface area contributed by atoms with Gasteiger partial charge in [0.1, 0.15) is 0 Å². The van der Waals surface area contributed by atoms with Gasteiger partial charge in [-0.05, 0) is 55.2 Å². The maximum atomic E-state index is 12.6. The Hall–Kier alpha value is -1.51. The lowest BCUT2D eigenvalue weighted by molar-refractivity contribution is -0.118. The summed E-state index contributed by atoms with van der Waals surface area (Å²) in [5.41, 5.74) is 2.33. The van der Waals surface area contributed by atoms with Gasteiger partial charge in [0.15, 0.2) is 0 Å². The highest BCUT2D eigenvalue weighted by Gasteiger charge is 2.51. The summed E-state index contributed by atoms with van der Waals surface area (Å²) in [4.78, 5) is 12.6. The summed E-state index contributed by atoms with van der Waals surface area (Å²) in [7, 11) is 0. The molecule has 2 aromatic rings. The van der Waals surface area contributed by atoms with E-state index in [1.165, 1.54) is 0 Å². The Kier molecular flexibility index (Phi) is 3.68. The number of benzene rings is 2. The van der Waals surface area contributed by atoms with Crippen molar-refractivity contribution in [1.29, 1.82) is 0 Å². The molecule has 0 spiro atoms. The van der Waals surface area contributed by atoms with Gasteiger partial charge in [-0.1, -0.05) is 41.4 Å². The first-order valence-corrected chi connectivity index (χ1v) is 7.60. The lowest BCUT2D eigenvalue weighted by atomic mass is 9.95. The molecule has 0 unspecified atom stereocenters. The number of halogens is 2. The Balaban J connectivity index is 1.81. The summed E-state index contributed by atoms with van der Waals surface area (Å²) >= 11 is 12.0. The zero-order valence-electron chi connectivity index (χ0n) is 11.6. The van der Waals surface area contributed by atoms with Crippen LogP contribution in [0.5, 0.6) is 0 Å². The zero-order valence-corrected chi connectivity index (χ0v) is 13.1. The number of amides is 1. The van der Waals surface area contributed by atoms with Gasteiger partial charge >= 0.3 is 0 Å². The van der Waals surface area contributed by atoms with E-state index >= 15 is 0 Å². The molecule has 1 fully saturated rings. The molecule has 1 amide bonds. The van der Waals surface area contributed by atoms with Crippen molar-refractivity contribution >= 4 is 34.8 Å². The summed E-state index contributed by atoms with van der Waals surface area (Å²) in [5.74, 6) is 0.0183. The Labute approximate surface area is 134 Å². The van der Waals surface area contributed by atoms with Crippen molar-refractivity contribution in [3.8, 4) is 0 Å². The minimum atomic E-state index is -0.415. The summed E-state index contributed by atoms with van der Waals surface area (Å²) in [6.07, 6.45) is 1.72. The molecule has 0 aliphatic heterocycles. The first-order valence-electron chi connectivity index (χ1n) is 6.85. The third-order valence-corrected chi connectivity index (χ3v) is 4.67. The standard InChI is InChI=1S/C17H15Cl2NO/c1-11-2-7-14(10-15(11)19)20-16(21)17(8-9-17)12-3-5-13(18)6-4-12/h2-7,10H,8-9H2,1H3,(H,20,21). The summed E-state index contributed by atoms with van der Waals surface area (Å²) < 4.78 is 0. The van der Waals surface area contributed by atoms with Crippen LogP contribution in [0.25, 0.3) is 0 Å². The van der Waals surface area contributed by atoms with Crippen LogP contribution in [-0.2, 0) is 10.2 Å². The van der Waals surface area contributed by atoms with Crippen molar-refractivity contribution in [2.24, 2.45) is 0 Å². The fraction of sp³-hybridized carbons (Fsp3) is 0.235. The first kappa shape index (κ1) is 14.4. The van der Waals surface area contributed by atoms with E-state index in [9.17, 15) is 4.79 Å². The van der Waals surface area contributed by atoms with Gasteiger partial charge in [-0.3, -0.25) is 4.79 Å². The summed E-state index contributed by atoms with van der Waals surface area (Å²) in [5, 5.41) is 4.31. The molecule has 0 atom stereocenters. The molecule has 1 aliphatic rings. The molecule has 0 saturated heterocycles. The highest BCUT2D eigenvalue weighted by molar-refractivity contribution is 6.31. The van der Waals surface area contributed by atoms with E-state index in [-0.39, 0.29) is 5.91 Å². The molecule has 1 N–H and O–H groups in total. The molecular formula is C17H15Cl2NO. The van der Waals surface area contributed by atoms with Gasteiger partial charge in [0, 0.05) is 15.7 Å². The molecule has 0 aromatic heterocycles. The van der Waals surface area contributed by atoms with E-state index in [1.807, 2.05) is 43.3 Å². The van der Waals surface area contributed by atoms with Crippen molar-refractivity contribution in [2.45, 2.75) is 25.2 Å². The van der Waals surface area contributed by atoms with Crippen LogP contribution in [0.1, 0.15) is 24.0 Å². The Morgan fingerprint density at radius 2 is 1.76 bits per heavy atom. The van der Waals surface area contributed by atoms with Crippen LogP contribution in [0.3, 0.4) is 0 Å². The minimum absolute atomic E-state index is 0.0183. The lowest BCUT2D eigenvalue weighted by Gasteiger charge is -2.16. The quantitative estimate of drug-likeness (QED) is 0.850. The largest absolute Gasteiger partial charge is 0.325 e. The van der Waals surface area contributed by atoms with E-state index < -0.39 is 5.41 Å². The van der Waals surface area contributed by atoms with Crippen LogP contribution in [0, 0.1) is 6.92 Å². The van der Waals surface area contributed by atoms with E-state index in [1.54, 1.807) is 6.07 Å². The third-order valence-electron chi connectivity index (χ3n) is 4.01. The number of anilines is 1. The molecule has 0 heterocycles. The SMILES string of the molecule is Cc1ccc(NC(=O)C2(c3ccc(Cl)cc3)CC2)cc1Cl. The summed E-state index contributed by atoms with van der Waals surface area (Å²) in [6, 6.07) is 13.1. The molecule has 21 heavy (non-hydrogen) atoms. The van der Waals surface area contributed by atoms with Crippen LogP contribution >= 0.6 is 23.2 Å². The van der Waals surface area contributed by atoms with Crippen LogP contribution in [-0.4, -0.2) is 5.91 Å². The molecule has 1 aliphatic carbocycles. The molecule has 0 bridgehead atoms. The number of aryl methyl sites for hydroxylation is 1. The molecule has 1 saturated carbocycles. The van der Waals surface area contributed by atoms with Gasteiger partial charge in [-0.2, -0.15) is 0 Å². The second kappa shape index (κ2) is 5.36. The number of rotatable bonds is 3. The number of carbonyl (C=O) groups is 1. The molecule has 2 nitrogen and oxygen atoms in total. The van der Waals surface area contributed by atoms with Crippen molar-refractivity contribution in [2.75, 3.05) is 5.32 Å². The second-order valence-electron chi connectivity index (χ2n) is 5.51. The number of hydrogen-bond donors (Lipinski definition) is 1. The Morgan fingerprint density at radius 3 is 2.33 bits per heavy atom. The molecular weight excluding hydrogens is 305 g/mol. The topological polar surface area (TPSA) is 29.1 Å². The molecule has 3 rings (SSSR count). The Morgan fingerprint density at radius 1 is 1.10 bits per heavy atom. The number of carbonyl (C=O) groups excluding carboxylic acids is 1. The molecule has 2 aromatic carbocycles. The van der Waals surface area contributed by atoms with Crippen molar-refractivity contribution < 1.29 is 4.79 Å². The van der Waals surface area contributed by atoms with E-state index in [0.717, 1.165) is 29.7 Å². The number of nitrogens with one attached hydrogen (secondary N) is 1. The number of hydrogen-bond acceptors (Lipinski definition) is 1. The smallest absolute Gasteiger partial charge is 0.235 e. The van der Waals surface area contributed by atoms with Gasteiger partial charge in [0.25, 0.3) is 0 Å². The van der Waals surface area contributed by atoms with Gasteiger partial charge in [0.2, 0.25) is 5.91 Å². The minimum Gasteiger partial charge on any atom is -0.325 e. The van der Waals surface area contributed by atoms with Crippen molar-refractivity contribution in [3.05, 3.63) is 63.6 Å². The normalized spacial score (nSPS) is 15.6. The molecule has 108 valence electrons. The van der Waals surface area contributed by atoms with Crippen LogP contribution in [0.15, 0.2) is 42.5 Å². The third kappa shape index (κ3) is 2.78. The Bertz CT molecular complexity index is 690. The van der Waals surface area contributed by atoms with E-state index in [2.05, 4.69) is 5.32 Å².